The normalized spacial score (nSPS) is 23.6. The first kappa shape index (κ1) is 13.2. The molecule has 2 rings (SSSR count). The van der Waals surface area contributed by atoms with E-state index in [-0.39, 0.29) is 12.1 Å². The van der Waals surface area contributed by atoms with E-state index in [1.54, 1.807) is 0 Å². The quantitative estimate of drug-likeness (QED) is 0.893. The van der Waals surface area contributed by atoms with Crippen molar-refractivity contribution >= 4 is 23.2 Å². The maximum absolute atomic E-state index is 6.23. The zero-order valence-electron chi connectivity index (χ0n) is 10.00. The molecule has 4 heteroatoms. The van der Waals surface area contributed by atoms with Crippen LogP contribution in [0.5, 0.6) is 0 Å². The molecule has 1 saturated heterocycles. The maximum Gasteiger partial charge on any atom is 0.0454 e. The minimum Gasteiger partial charge on any atom is -0.327 e. The monoisotopic (exact) mass is 272 g/mol. The lowest BCUT2D eigenvalue weighted by Gasteiger charge is -2.36. The van der Waals surface area contributed by atoms with Crippen molar-refractivity contribution in [3.8, 4) is 0 Å². The average molecular weight is 273 g/mol. The fraction of sp³-hybridized carbons (Fsp3) is 0.538. The second-order valence-corrected chi connectivity index (χ2v) is 5.58. The lowest BCUT2D eigenvalue weighted by molar-refractivity contribution is 0.159. The van der Waals surface area contributed by atoms with Crippen molar-refractivity contribution in [2.75, 3.05) is 13.1 Å². The van der Waals surface area contributed by atoms with E-state index in [0.29, 0.717) is 0 Å². The van der Waals surface area contributed by atoms with Crippen molar-refractivity contribution in [2.24, 2.45) is 5.73 Å². The number of halogens is 2. The third-order valence-electron chi connectivity index (χ3n) is 3.45. The molecule has 0 aromatic heterocycles. The van der Waals surface area contributed by atoms with Crippen LogP contribution < -0.4 is 5.73 Å². The number of benzene rings is 1. The van der Waals surface area contributed by atoms with Gasteiger partial charge in [-0.1, -0.05) is 23.2 Å². The Labute approximate surface area is 113 Å². The van der Waals surface area contributed by atoms with E-state index in [2.05, 4.69) is 11.8 Å². The van der Waals surface area contributed by atoms with Crippen molar-refractivity contribution < 1.29 is 0 Å². The van der Waals surface area contributed by atoms with Crippen LogP contribution in [0.1, 0.15) is 31.4 Å². The van der Waals surface area contributed by atoms with E-state index in [1.807, 2.05) is 18.2 Å². The van der Waals surface area contributed by atoms with Gasteiger partial charge in [0.1, 0.15) is 0 Å². The molecule has 1 aromatic rings. The Balaban J connectivity index is 2.18. The first-order valence-corrected chi connectivity index (χ1v) is 6.78. The van der Waals surface area contributed by atoms with Crippen molar-refractivity contribution in [1.29, 1.82) is 0 Å². The molecule has 2 N–H and O–H groups in total. The zero-order chi connectivity index (χ0) is 12.4. The second kappa shape index (κ2) is 5.57. The SMILES string of the molecule is CC(c1cc(Cl)ccc1Cl)N1CCCC(N)C1. The van der Waals surface area contributed by atoms with Crippen LogP contribution >= 0.6 is 23.2 Å². The van der Waals surface area contributed by atoms with Crippen LogP contribution in [-0.4, -0.2) is 24.0 Å². The molecule has 1 aromatic carbocycles. The van der Waals surface area contributed by atoms with E-state index in [0.717, 1.165) is 41.5 Å². The Bertz CT molecular complexity index is 395. The number of nitrogens with zero attached hydrogens (tertiary/aromatic N) is 1. The van der Waals surface area contributed by atoms with Crippen molar-refractivity contribution in [3.05, 3.63) is 33.8 Å². The van der Waals surface area contributed by atoms with Gasteiger partial charge in [-0.15, -0.1) is 0 Å². The van der Waals surface area contributed by atoms with E-state index >= 15 is 0 Å². The number of rotatable bonds is 2. The number of piperidine rings is 1. The van der Waals surface area contributed by atoms with E-state index in [1.165, 1.54) is 0 Å². The molecule has 2 unspecified atom stereocenters. The van der Waals surface area contributed by atoms with Crippen molar-refractivity contribution in [3.63, 3.8) is 0 Å². The fourth-order valence-electron chi connectivity index (χ4n) is 2.42. The van der Waals surface area contributed by atoms with Crippen LogP contribution in [0.15, 0.2) is 18.2 Å². The van der Waals surface area contributed by atoms with E-state index < -0.39 is 0 Å². The molecule has 0 radical (unpaired) electrons. The molecule has 0 bridgehead atoms. The average Bonchev–Trinajstić information content (AvgIpc) is 2.31. The summed E-state index contributed by atoms with van der Waals surface area (Å²) >= 11 is 12.3. The Morgan fingerprint density at radius 1 is 1.41 bits per heavy atom. The summed E-state index contributed by atoms with van der Waals surface area (Å²) in [6, 6.07) is 6.19. The third kappa shape index (κ3) is 3.14. The van der Waals surface area contributed by atoms with Gasteiger partial charge in [-0.2, -0.15) is 0 Å². The minimum absolute atomic E-state index is 0.271. The van der Waals surface area contributed by atoms with E-state index in [4.69, 9.17) is 28.9 Å². The Hall–Kier alpha value is -0.280. The molecule has 94 valence electrons. The molecule has 1 aliphatic heterocycles. The number of hydrogen-bond acceptors (Lipinski definition) is 2. The molecule has 1 heterocycles. The molecular formula is C13H18Cl2N2. The molecule has 17 heavy (non-hydrogen) atoms. The molecule has 0 amide bonds. The van der Waals surface area contributed by atoms with Crippen molar-refractivity contribution in [1.82, 2.24) is 4.90 Å². The van der Waals surface area contributed by atoms with Crippen LogP contribution in [0, 0.1) is 0 Å². The first-order chi connectivity index (χ1) is 8.08. The van der Waals surface area contributed by atoms with Gasteiger partial charge in [-0.05, 0) is 50.1 Å². The smallest absolute Gasteiger partial charge is 0.0454 e. The van der Waals surface area contributed by atoms with Gasteiger partial charge in [0.2, 0.25) is 0 Å². The summed E-state index contributed by atoms with van der Waals surface area (Å²) in [6.07, 6.45) is 2.27. The predicted molar refractivity (Wildman–Crippen MR) is 73.7 cm³/mol. The van der Waals surface area contributed by atoms with Crippen LogP contribution in [0.2, 0.25) is 10.0 Å². The van der Waals surface area contributed by atoms with Crippen LogP contribution in [0.4, 0.5) is 0 Å². The molecular weight excluding hydrogens is 255 g/mol. The lowest BCUT2D eigenvalue weighted by Crippen LogP contribution is -2.43. The fourth-order valence-corrected chi connectivity index (χ4v) is 2.88. The summed E-state index contributed by atoms with van der Waals surface area (Å²) in [4.78, 5) is 2.38. The van der Waals surface area contributed by atoms with Gasteiger partial charge in [-0.3, -0.25) is 4.90 Å². The van der Waals surface area contributed by atoms with Crippen LogP contribution in [0.3, 0.4) is 0 Å². The minimum atomic E-state index is 0.271. The summed E-state index contributed by atoms with van der Waals surface area (Å²) in [6.45, 7) is 4.18. The molecule has 2 nitrogen and oxygen atoms in total. The van der Waals surface area contributed by atoms with Crippen LogP contribution in [0.25, 0.3) is 0 Å². The van der Waals surface area contributed by atoms with Gasteiger partial charge < -0.3 is 5.73 Å². The standard InChI is InChI=1S/C13H18Cl2N2/c1-9(17-6-2-3-11(16)8-17)12-7-10(14)4-5-13(12)15/h4-5,7,9,11H,2-3,6,8,16H2,1H3. The topological polar surface area (TPSA) is 29.3 Å². The summed E-state index contributed by atoms with van der Waals surface area (Å²) in [5.74, 6) is 0. The first-order valence-electron chi connectivity index (χ1n) is 6.02. The Kier molecular flexibility index (Phi) is 4.31. The van der Waals surface area contributed by atoms with Gasteiger partial charge in [0.25, 0.3) is 0 Å². The molecule has 0 aliphatic carbocycles. The molecule has 1 fully saturated rings. The summed E-state index contributed by atoms with van der Waals surface area (Å²) in [5.41, 5.74) is 7.10. The highest BCUT2D eigenvalue weighted by Gasteiger charge is 2.23. The predicted octanol–water partition coefficient (Wildman–Crippen LogP) is 3.48. The highest BCUT2D eigenvalue weighted by molar-refractivity contribution is 6.33. The van der Waals surface area contributed by atoms with Gasteiger partial charge in [-0.25, -0.2) is 0 Å². The number of nitrogens with two attached hydrogens (primary N) is 1. The largest absolute Gasteiger partial charge is 0.327 e. The van der Waals surface area contributed by atoms with Gasteiger partial charge in [0, 0.05) is 28.7 Å². The molecule has 0 saturated carbocycles. The van der Waals surface area contributed by atoms with Gasteiger partial charge in [0.15, 0.2) is 0 Å². The highest BCUT2D eigenvalue weighted by atomic mass is 35.5. The van der Waals surface area contributed by atoms with Crippen LogP contribution in [-0.2, 0) is 0 Å². The van der Waals surface area contributed by atoms with Gasteiger partial charge >= 0.3 is 0 Å². The second-order valence-electron chi connectivity index (χ2n) is 4.74. The Morgan fingerprint density at radius 2 is 2.18 bits per heavy atom. The molecule has 1 aliphatic rings. The number of hydrogen-bond donors (Lipinski definition) is 1. The summed E-state index contributed by atoms with van der Waals surface area (Å²) in [7, 11) is 0. The molecule has 2 atom stereocenters. The lowest BCUT2D eigenvalue weighted by atomic mass is 10.0. The zero-order valence-corrected chi connectivity index (χ0v) is 11.5. The summed E-state index contributed by atoms with van der Waals surface area (Å²) in [5, 5.41) is 1.51. The Morgan fingerprint density at radius 3 is 2.88 bits per heavy atom. The maximum atomic E-state index is 6.23. The highest BCUT2D eigenvalue weighted by Crippen LogP contribution is 2.31. The summed E-state index contributed by atoms with van der Waals surface area (Å²) < 4.78 is 0. The van der Waals surface area contributed by atoms with E-state index in [9.17, 15) is 0 Å². The third-order valence-corrected chi connectivity index (χ3v) is 4.02. The van der Waals surface area contributed by atoms with Gasteiger partial charge in [0.05, 0.1) is 0 Å². The van der Waals surface area contributed by atoms with Crippen molar-refractivity contribution in [2.45, 2.75) is 31.8 Å². The number of likely N-dealkylation sites (tertiary alicyclic amines) is 1. The molecule has 0 spiro atoms.